The van der Waals surface area contributed by atoms with Crippen molar-refractivity contribution in [1.29, 1.82) is 0 Å². The maximum atomic E-state index is 2.37. The highest BCUT2D eigenvalue weighted by Crippen LogP contribution is 2.36. The van der Waals surface area contributed by atoms with Crippen molar-refractivity contribution in [2.24, 2.45) is 0 Å². The number of rotatable bonds is 7. The molecule has 0 N–H and O–H groups in total. The fourth-order valence-electron chi connectivity index (χ4n) is 3.01. The summed E-state index contributed by atoms with van der Waals surface area (Å²) in [4.78, 5) is 0. The Balaban J connectivity index is 2.17. The van der Waals surface area contributed by atoms with Gasteiger partial charge in [0.2, 0.25) is 0 Å². The second-order valence-electron chi connectivity index (χ2n) is 5.71. The van der Waals surface area contributed by atoms with Gasteiger partial charge >= 0.3 is 0 Å². The standard InChI is InChI=1S/C20H26/c1-3-4-7-16-20(19-14-10-6-11-15-19)17(2)18-12-8-5-9-13-18/h5-6,8-15,17,20H,3-4,7,16H2,1-2H3. The minimum absolute atomic E-state index is 0.579. The van der Waals surface area contributed by atoms with Crippen molar-refractivity contribution >= 4 is 0 Å². The molecule has 0 spiro atoms. The van der Waals surface area contributed by atoms with Gasteiger partial charge in [-0.2, -0.15) is 0 Å². The molecule has 106 valence electrons. The molecule has 0 amide bonds. The smallest absolute Gasteiger partial charge is 0.00957 e. The Bertz CT molecular complexity index is 472. The second kappa shape index (κ2) is 7.89. The van der Waals surface area contributed by atoms with E-state index < -0.39 is 0 Å². The number of hydrogen-bond acceptors (Lipinski definition) is 0. The molecule has 20 heavy (non-hydrogen) atoms. The third-order valence-electron chi connectivity index (χ3n) is 4.28. The molecule has 2 aromatic rings. The molecule has 0 heteroatoms. The summed E-state index contributed by atoms with van der Waals surface area (Å²) in [5.74, 6) is 1.21. The van der Waals surface area contributed by atoms with E-state index in [1.807, 2.05) is 0 Å². The van der Waals surface area contributed by atoms with Crippen LogP contribution in [-0.4, -0.2) is 0 Å². The van der Waals surface area contributed by atoms with Gasteiger partial charge in [0.15, 0.2) is 0 Å². The van der Waals surface area contributed by atoms with E-state index in [2.05, 4.69) is 74.5 Å². The number of hydrogen-bond donors (Lipinski definition) is 0. The van der Waals surface area contributed by atoms with Gasteiger partial charge in [-0.3, -0.25) is 0 Å². The molecule has 0 aliphatic rings. The van der Waals surface area contributed by atoms with Gasteiger partial charge in [-0.25, -0.2) is 0 Å². The van der Waals surface area contributed by atoms with Gasteiger partial charge in [-0.05, 0) is 29.4 Å². The van der Waals surface area contributed by atoms with Crippen molar-refractivity contribution < 1.29 is 0 Å². The Labute approximate surface area is 123 Å². The van der Waals surface area contributed by atoms with Crippen molar-refractivity contribution in [3.63, 3.8) is 0 Å². The summed E-state index contributed by atoms with van der Waals surface area (Å²) in [5.41, 5.74) is 2.94. The summed E-state index contributed by atoms with van der Waals surface area (Å²) in [6.45, 7) is 4.65. The van der Waals surface area contributed by atoms with E-state index in [9.17, 15) is 0 Å². The van der Waals surface area contributed by atoms with Crippen molar-refractivity contribution in [2.75, 3.05) is 0 Å². The van der Waals surface area contributed by atoms with Crippen molar-refractivity contribution in [3.05, 3.63) is 71.8 Å². The maximum Gasteiger partial charge on any atom is -0.00957 e. The normalized spacial score (nSPS) is 13.9. The van der Waals surface area contributed by atoms with Crippen molar-refractivity contribution in [2.45, 2.75) is 51.4 Å². The molecule has 2 aromatic carbocycles. The van der Waals surface area contributed by atoms with Crippen LogP contribution in [0.25, 0.3) is 0 Å². The second-order valence-corrected chi connectivity index (χ2v) is 5.71. The van der Waals surface area contributed by atoms with Crippen LogP contribution in [-0.2, 0) is 0 Å². The van der Waals surface area contributed by atoms with E-state index in [1.54, 1.807) is 0 Å². The van der Waals surface area contributed by atoms with Crippen LogP contribution in [0.1, 0.15) is 62.5 Å². The van der Waals surface area contributed by atoms with Crippen LogP contribution in [0.3, 0.4) is 0 Å². The van der Waals surface area contributed by atoms with Crippen molar-refractivity contribution in [1.82, 2.24) is 0 Å². The minimum atomic E-state index is 0.579. The summed E-state index contributed by atoms with van der Waals surface area (Å²) in [6.07, 6.45) is 5.24. The molecule has 0 aromatic heterocycles. The molecular weight excluding hydrogens is 240 g/mol. The highest BCUT2D eigenvalue weighted by Gasteiger charge is 2.20. The maximum absolute atomic E-state index is 2.37. The Morgan fingerprint density at radius 3 is 1.85 bits per heavy atom. The zero-order chi connectivity index (χ0) is 14.2. The zero-order valence-corrected chi connectivity index (χ0v) is 12.8. The molecule has 0 nitrogen and oxygen atoms in total. The monoisotopic (exact) mass is 266 g/mol. The zero-order valence-electron chi connectivity index (χ0n) is 12.8. The summed E-state index contributed by atoms with van der Waals surface area (Å²) < 4.78 is 0. The van der Waals surface area contributed by atoms with E-state index in [4.69, 9.17) is 0 Å². The molecule has 0 fully saturated rings. The van der Waals surface area contributed by atoms with E-state index in [0.29, 0.717) is 11.8 Å². The Morgan fingerprint density at radius 2 is 1.30 bits per heavy atom. The van der Waals surface area contributed by atoms with Crippen molar-refractivity contribution in [3.8, 4) is 0 Å². The number of unbranched alkanes of at least 4 members (excludes halogenated alkanes) is 2. The lowest BCUT2D eigenvalue weighted by atomic mass is 9.79. The molecular formula is C20H26. The molecule has 0 saturated heterocycles. The first-order chi connectivity index (χ1) is 9.83. The van der Waals surface area contributed by atoms with Crippen LogP contribution in [0.2, 0.25) is 0 Å². The minimum Gasteiger partial charge on any atom is -0.0654 e. The Hall–Kier alpha value is -1.56. The fraction of sp³-hybridized carbons (Fsp3) is 0.400. The predicted molar refractivity (Wildman–Crippen MR) is 88.2 cm³/mol. The van der Waals surface area contributed by atoms with Gasteiger partial charge in [0.25, 0.3) is 0 Å². The van der Waals surface area contributed by atoms with Crippen LogP contribution < -0.4 is 0 Å². The average molecular weight is 266 g/mol. The largest absolute Gasteiger partial charge is 0.0654 e. The lowest BCUT2D eigenvalue weighted by molar-refractivity contribution is 0.502. The van der Waals surface area contributed by atoms with E-state index in [-0.39, 0.29) is 0 Å². The topological polar surface area (TPSA) is 0 Å². The van der Waals surface area contributed by atoms with Crippen LogP contribution in [0.4, 0.5) is 0 Å². The molecule has 0 bridgehead atoms. The van der Waals surface area contributed by atoms with Crippen LogP contribution in [0, 0.1) is 0 Å². The summed E-state index contributed by atoms with van der Waals surface area (Å²) in [6, 6.07) is 22.0. The van der Waals surface area contributed by atoms with Crippen LogP contribution in [0.15, 0.2) is 60.7 Å². The highest BCUT2D eigenvalue weighted by atomic mass is 14.2. The van der Waals surface area contributed by atoms with Gasteiger partial charge < -0.3 is 0 Å². The molecule has 0 aliphatic heterocycles. The van der Waals surface area contributed by atoms with Gasteiger partial charge in [0.1, 0.15) is 0 Å². The molecule has 2 atom stereocenters. The van der Waals surface area contributed by atoms with Gasteiger partial charge in [-0.1, -0.05) is 93.8 Å². The SMILES string of the molecule is CCCCCC(c1ccccc1)C(C)c1ccccc1. The average Bonchev–Trinajstić information content (AvgIpc) is 2.53. The first kappa shape index (κ1) is 14.8. The van der Waals surface area contributed by atoms with Gasteiger partial charge in [0.05, 0.1) is 0 Å². The third-order valence-corrected chi connectivity index (χ3v) is 4.28. The van der Waals surface area contributed by atoms with Gasteiger partial charge in [0, 0.05) is 0 Å². The molecule has 2 rings (SSSR count). The lowest BCUT2D eigenvalue weighted by Crippen LogP contribution is -2.08. The molecule has 2 unspecified atom stereocenters. The fourth-order valence-corrected chi connectivity index (χ4v) is 3.01. The van der Waals surface area contributed by atoms with Crippen LogP contribution >= 0.6 is 0 Å². The molecule has 0 saturated carbocycles. The highest BCUT2D eigenvalue weighted by molar-refractivity contribution is 5.27. The van der Waals surface area contributed by atoms with Gasteiger partial charge in [-0.15, -0.1) is 0 Å². The first-order valence-corrected chi connectivity index (χ1v) is 7.92. The quantitative estimate of drug-likeness (QED) is 0.527. The van der Waals surface area contributed by atoms with E-state index in [0.717, 1.165) is 0 Å². The third kappa shape index (κ3) is 3.96. The summed E-state index contributed by atoms with van der Waals surface area (Å²) in [7, 11) is 0. The van der Waals surface area contributed by atoms with E-state index in [1.165, 1.54) is 36.8 Å². The molecule has 0 aliphatic carbocycles. The molecule has 0 heterocycles. The first-order valence-electron chi connectivity index (χ1n) is 7.92. The summed E-state index contributed by atoms with van der Waals surface area (Å²) >= 11 is 0. The lowest BCUT2D eigenvalue weighted by Gasteiger charge is -2.25. The Morgan fingerprint density at radius 1 is 0.750 bits per heavy atom. The predicted octanol–water partition coefficient (Wildman–Crippen LogP) is 6.15. The van der Waals surface area contributed by atoms with Crippen LogP contribution in [0.5, 0.6) is 0 Å². The Kier molecular flexibility index (Phi) is 5.86. The summed E-state index contributed by atoms with van der Waals surface area (Å²) in [5, 5.41) is 0. The molecule has 0 radical (unpaired) electrons. The number of benzene rings is 2. The van der Waals surface area contributed by atoms with E-state index >= 15 is 0 Å².